The lowest BCUT2D eigenvalue weighted by Gasteiger charge is -2.18. The fourth-order valence-corrected chi connectivity index (χ4v) is 1.96. The van der Waals surface area contributed by atoms with Gasteiger partial charge >= 0.3 is 6.72 Å². The van der Waals surface area contributed by atoms with Crippen molar-refractivity contribution < 1.29 is 23.8 Å². The van der Waals surface area contributed by atoms with Gasteiger partial charge in [-0.2, -0.15) is 0 Å². The predicted molar refractivity (Wildman–Crippen MR) is 60.3 cm³/mol. The molecule has 0 aromatic heterocycles. The first-order valence-corrected chi connectivity index (χ1v) is 7.02. The second kappa shape index (κ2) is 5.77. The molecule has 83 valence electrons. The summed E-state index contributed by atoms with van der Waals surface area (Å²) in [5.41, 5.74) is 0. The van der Waals surface area contributed by atoms with E-state index in [4.69, 9.17) is 31.5 Å². The molecule has 15 heavy (non-hydrogen) atoms. The SMILES string of the molecule is [B][B][C@H]1C[C@@H](OC)[C@@H](COP(O)(O)=S)O1. The molecule has 0 spiro atoms. The van der Waals surface area contributed by atoms with Crippen LogP contribution in [0.3, 0.4) is 0 Å². The average Bonchev–Trinajstić information content (AvgIpc) is 2.56. The summed E-state index contributed by atoms with van der Waals surface area (Å²) in [6, 6.07) is -0.196. The minimum atomic E-state index is -3.63. The summed E-state index contributed by atoms with van der Waals surface area (Å²) in [5, 5.41) is 0. The first-order chi connectivity index (χ1) is 6.96. The largest absolute Gasteiger partial charge is 0.380 e. The maximum absolute atomic E-state index is 8.89. The van der Waals surface area contributed by atoms with Gasteiger partial charge in [-0.15, -0.1) is 0 Å². The van der Waals surface area contributed by atoms with E-state index in [0.717, 1.165) is 0 Å². The van der Waals surface area contributed by atoms with Crippen LogP contribution in [0.25, 0.3) is 0 Å². The molecule has 9 heteroatoms. The Morgan fingerprint density at radius 2 is 2.33 bits per heavy atom. The summed E-state index contributed by atoms with van der Waals surface area (Å²) < 4.78 is 15.3. The topological polar surface area (TPSA) is 68.2 Å². The van der Waals surface area contributed by atoms with Crippen LogP contribution in [0.1, 0.15) is 6.42 Å². The van der Waals surface area contributed by atoms with Gasteiger partial charge in [0, 0.05) is 20.9 Å². The van der Waals surface area contributed by atoms with Gasteiger partial charge in [0.05, 0.1) is 19.9 Å². The molecule has 1 aliphatic heterocycles. The molecule has 3 radical (unpaired) electrons. The maximum Gasteiger partial charge on any atom is 0.321 e. The zero-order chi connectivity index (χ0) is 11.5. The Balaban J connectivity index is 2.43. The lowest BCUT2D eigenvalue weighted by Crippen LogP contribution is -2.28. The molecule has 1 rings (SSSR count). The maximum atomic E-state index is 8.89. The van der Waals surface area contributed by atoms with Crippen molar-refractivity contribution in [3.05, 3.63) is 0 Å². The molecular formula is C6H12B2O5PS. The summed E-state index contributed by atoms with van der Waals surface area (Å²) in [4.78, 5) is 17.8. The minimum Gasteiger partial charge on any atom is -0.380 e. The molecule has 1 aliphatic rings. The van der Waals surface area contributed by atoms with Gasteiger partial charge in [0.2, 0.25) is 0 Å². The molecule has 0 unspecified atom stereocenters. The van der Waals surface area contributed by atoms with E-state index in [0.29, 0.717) is 6.42 Å². The Morgan fingerprint density at radius 3 is 2.80 bits per heavy atom. The van der Waals surface area contributed by atoms with Gasteiger partial charge in [0.25, 0.3) is 0 Å². The van der Waals surface area contributed by atoms with Crippen molar-refractivity contribution in [2.45, 2.75) is 24.6 Å². The van der Waals surface area contributed by atoms with E-state index in [1.54, 1.807) is 7.11 Å². The van der Waals surface area contributed by atoms with Gasteiger partial charge < -0.3 is 23.8 Å². The third-order valence-corrected chi connectivity index (χ3v) is 2.95. The first kappa shape index (κ1) is 13.6. The monoisotopic (exact) mass is 249 g/mol. The van der Waals surface area contributed by atoms with Crippen molar-refractivity contribution in [1.82, 2.24) is 0 Å². The fraction of sp³-hybridized carbons (Fsp3) is 1.00. The lowest BCUT2D eigenvalue weighted by atomic mass is 9.51. The van der Waals surface area contributed by atoms with Crippen molar-refractivity contribution in [2.24, 2.45) is 0 Å². The van der Waals surface area contributed by atoms with Crippen molar-refractivity contribution >= 4 is 33.4 Å². The molecule has 0 aliphatic carbocycles. The van der Waals surface area contributed by atoms with E-state index in [1.807, 2.05) is 0 Å². The normalized spacial score (nSPS) is 31.8. The molecule has 3 atom stereocenters. The van der Waals surface area contributed by atoms with E-state index in [1.165, 1.54) is 7.17 Å². The number of hydrogen-bond donors (Lipinski definition) is 2. The van der Waals surface area contributed by atoms with Crippen LogP contribution >= 0.6 is 6.72 Å². The van der Waals surface area contributed by atoms with Crippen LogP contribution < -0.4 is 0 Å². The molecule has 1 fully saturated rings. The second-order valence-corrected chi connectivity index (χ2v) is 5.87. The quantitative estimate of drug-likeness (QED) is 0.487. The van der Waals surface area contributed by atoms with Crippen LogP contribution in [0, 0.1) is 0 Å². The van der Waals surface area contributed by atoms with Gasteiger partial charge in [-0.05, 0) is 18.2 Å². The van der Waals surface area contributed by atoms with E-state index < -0.39 is 6.72 Å². The van der Waals surface area contributed by atoms with E-state index in [2.05, 4.69) is 11.8 Å². The molecule has 0 aromatic carbocycles. The summed E-state index contributed by atoms with van der Waals surface area (Å²) in [5.74, 6) is 0. The van der Waals surface area contributed by atoms with Gasteiger partial charge in [0.1, 0.15) is 6.10 Å². The Hall–Kier alpha value is 0.580. The van der Waals surface area contributed by atoms with E-state index in [-0.39, 0.29) is 24.8 Å². The Bertz CT molecular complexity index is 250. The molecule has 1 saturated heterocycles. The van der Waals surface area contributed by atoms with Crippen molar-refractivity contribution in [1.29, 1.82) is 0 Å². The highest BCUT2D eigenvalue weighted by atomic mass is 32.5. The number of methoxy groups -OCH3 is 1. The lowest BCUT2D eigenvalue weighted by molar-refractivity contribution is -0.0172. The summed E-state index contributed by atoms with van der Waals surface area (Å²) >= 11 is 4.32. The first-order valence-electron chi connectivity index (χ1n) is 4.39. The molecule has 0 bridgehead atoms. The molecule has 0 amide bonds. The molecular weight excluding hydrogens is 237 g/mol. The number of hydrogen-bond acceptors (Lipinski definition) is 4. The van der Waals surface area contributed by atoms with Gasteiger partial charge in [-0.1, -0.05) is 0 Å². The summed E-state index contributed by atoms with van der Waals surface area (Å²) in [6.07, 6.45) is 0.0820. The van der Waals surface area contributed by atoms with Crippen LogP contribution in [0.2, 0.25) is 0 Å². The minimum absolute atomic E-state index is 0.00682. The Kier molecular flexibility index (Phi) is 5.25. The van der Waals surface area contributed by atoms with Crippen molar-refractivity contribution in [3.63, 3.8) is 0 Å². The van der Waals surface area contributed by atoms with Gasteiger partial charge in [-0.3, -0.25) is 0 Å². The number of rotatable bonds is 5. The van der Waals surface area contributed by atoms with Crippen LogP contribution in [0.15, 0.2) is 0 Å². The Morgan fingerprint density at radius 1 is 1.67 bits per heavy atom. The van der Waals surface area contributed by atoms with E-state index in [9.17, 15) is 0 Å². The molecule has 1 heterocycles. The highest BCUT2D eigenvalue weighted by molar-refractivity contribution is 8.06. The third kappa shape index (κ3) is 4.53. The highest BCUT2D eigenvalue weighted by Crippen LogP contribution is 2.37. The van der Waals surface area contributed by atoms with Gasteiger partial charge in [-0.25, -0.2) is 0 Å². The molecule has 0 saturated carbocycles. The Labute approximate surface area is 96.0 Å². The predicted octanol–water partition coefficient (Wildman–Crippen LogP) is -0.870. The van der Waals surface area contributed by atoms with Crippen LogP contribution in [-0.2, 0) is 25.8 Å². The zero-order valence-corrected chi connectivity index (χ0v) is 9.99. The molecule has 2 N–H and O–H groups in total. The zero-order valence-electron chi connectivity index (χ0n) is 8.28. The second-order valence-electron chi connectivity index (χ2n) is 3.20. The molecule has 0 aromatic rings. The number of ether oxygens (including phenoxy) is 2. The van der Waals surface area contributed by atoms with Crippen LogP contribution in [0.5, 0.6) is 0 Å². The molecule has 5 nitrogen and oxygen atoms in total. The van der Waals surface area contributed by atoms with Crippen LogP contribution in [0.4, 0.5) is 0 Å². The summed E-state index contributed by atoms with van der Waals surface area (Å²) in [7, 11) is 8.32. The van der Waals surface area contributed by atoms with E-state index >= 15 is 0 Å². The average molecular weight is 249 g/mol. The van der Waals surface area contributed by atoms with Gasteiger partial charge in [0.15, 0.2) is 0 Å². The standard InChI is InChI=1S/C6H12B2O5PS/c1-11-4-2-6(8-7)13-5(4)3-12-14(9,10)15/h4-6H,2-3H2,1H3,(H2,9,10,15)/t4-,5-,6-/m1/s1. The summed E-state index contributed by atoms with van der Waals surface area (Å²) in [6.45, 7) is -3.63. The van der Waals surface area contributed by atoms with Crippen molar-refractivity contribution in [3.8, 4) is 0 Å². The smallest absolute Gasteiger partial charge is 0.321 e. The van der Waals surface area contributed by atoms with Crippen molar-refractivity contribution in [2.75, 3.05) is 13.7 Å². The fourth-order valence-electron chi connectivity index (χ4n) is 1.44. The van der Waals surface area contributed by atoms with Crippen LogP contribution in [-0.4, -0.2) is 56.6 Å². The third-order valence-electron chi connectivity index (χ3n) is 2.15. The highest BCUT2D eigenvalue weighted by Gasteiger charge is 2.35.